The average Bonchev–Trinajstić information content (AvgIpc) is 1.61. The van der Waals surface area contributed by atoms with Crippen LogP contribution in [0.1, 0.15) is 54.8 Å². The molecule has 9 unspecified atom stereocenters. The quantitative estimate of drug-likeness (QED) is 0.0177. The Bertz CT molecular complexity index is 5840. The molecule has 9 aromatic heterocycles. The number of halogens is 4. The number of rotatable bonds is 26. The summed E-state index contributed by atoms with van der Waals surface area (Å²) in [6.07, 6.45) is -32.3. The molecule has 0 saturated carbocycles. The van der Waals surface area contributed by atoms with Gasteiger partial charge in [-0.1, -0.05) is 0 Å². The van der Waals surface area contributed by atoms with Gasteiger partial charge in [-0.05, 0) is 20.8 Å². The summed E-state index contributed by atoms with van der Waals surface area (Å²) in [7, 11) is -12.7. The minimum absolute atomic E-state index is 0.0238. The van der Waals surface area contributed by atoms with Gasteiger partial charge < -0.3 is 115 Å². The van der Waals surface area contributed by atoms with Crippen molar-refractivity contribution >= 4 is 74.8 Å². The van der Waals surface area contributed by atoms with E-state index in [1.54, 1.807) is 6.92 Å². The van der Waals surface area contributed by atoms with Crippen LogP contribution in [0.3, 0.4) is 0 Å². The highest BCUT2D eigenvalue weighted by molar-refractivity contribution is 7.48. The molecule has 0 bridgehead atoms. The van der Waals surface area contributed by atoms with E-state index in [9.17, 15) is 96.6 Å². The maximum Gasteiger partial charge on any atom is 0.472 e. The number of nitrogens with zero attached hydrogens (tertiary/aromatic N) is 18. The summed E-state index contributed by atoms with van der Waals surface area (Å²) in [6, 6.07) is 0. The SMILES string of the molecule is CO[C@H]1C(O)[C@@H](COP(=O)(O)OC2[C@@H](CO)O[C@@H](n3cnc4c(=O)[nH]c(C)nc43)[C@H]2OC)O[C@H]1n1cnc(N)nc1=O.Cc1nc2c(ncn2[C@@H]2O[C@H](CO)C(OP(=O)(O)OC[C@H]3O[C@@H](n4cnc(N)nc4=O)[C@@H](F)C3O)[C@@H]2F)c(=O)[nH]1.Cc1nc2c(ncn2[C@@H]2O[C@H](COP(=O)(O)OC3[C@@H](CO)O[C@@H](n4cnc(N)nc4=O)[C@H]3F)C(O)[C@@H]2F)c(=O)[nH]1. The molecule has 9 aromatic rings. The van der Waals surface area contributed by atoms with E-state index < -0.39 is 244 Å². The number of aryl methyl sites for hydroxylation is 3. The molecule has 6 aliphatic rings. The van der Waals surface area contributed by atoms with Crippen LogP contribution in [0, 0.1) is 20.8 Å². The number of hydrogen-bond acceptors (Lipinski definition) is 44. The summed E-state index contributed by atoms with van der Waals surface area (Å²) in [4.78, 5) is 157. The first-order chi connectivity index (χ1) is 57.8. The van der Waals surface area contributed by atoms with Gasteiger partial charge in [-0.3, -0.25) is 68.9 Å². The van der Waals surface area contributed by atoms with Crippen molar-refractivity contribution in [3.63, 3.8) is 0 Å². The molecule has 6 aliphatic heterocycles. The lowest BCUT2D eigenvalue weighted by Crippen LogP contribution is -2.38. The van der Waals surface area contributed by atoms with Crippen LogP contribution in [-0.4, -0.2) is 311 Å². The van der Waals surface area contributed by atoms with Gasteiger partial charge in [-0.25, -0.2) is 90.5 Å². The van der Waals surface area contributed by atoms with E-state index in [-0.39, 0.29) is 63.0 Å². The summed E-state index contributed by atoms with van der Waals surface area (Å²) < 4.78 is 178. The van der Waals surface area contributed by atoms with Crippen molar-refractivity contribution < 1.29 is 142 Å². The molecule has 666 valence electrons. The second kappa shape index (κ2) is 36.3. The molecular formula is C59H75F4N24O32P3. The van der Waals surface area contributed by atoms with Crippen LogP contribution >= 0.6 is 23.5 Å². The van der Waals surface area contributed by atoms with Crippen molar-refractivity contribution in [2.75, 3.05) is 71.1 Å². The number of aliphatic hydroxyl groups is 6. The van der Waals surface area contributed by atoms with Crippen LogP contribution in [0.15, 0.2) is 66.7 Å². The van der Waals surface area contributed by atoms with E-state index in [1.807, 2.05) is 0 Å². The monoisotopic (exact) mass is 1800 g/mol. The first-order valence-corrected chi connectivity index (χ1v) is 40.1. The fourth-order valence-electron chi connectivity index (χ4n) is 13.6. The zero-order valence-corrected chi connectivity index (χ0v) is 65.8. The van der Waals surface area contributed by atoms with Crippen LogP contribution in [0.25, 0.3) is 33.5 Å². The van der Waals surface area contributed by atoms with Crippen LogP contribution < -0.4 is 50.9 Å². The maximum atomic E-state index is 15.5. The molecule has 63 heteroatoms. The standard InChI is InChI=1S/C21H29N8O12P.2C19H23F2N8O10P/c1-8-25-16-11(17(32)26-8)23-6-28(16)19-15(37-3)13(9(4-30)39-19)41-42(34,35)38-5-10-12(31)14(36-2)18(40-10)29-7-24-20(22)27-21(29)33;1-6-25-14-11(15(32)26-6)23-4-28(14)17-10(21)13(7(2-30)37-17)39-40(34,35)36-3-8-12(31)9(20)16(38-8)29-5-24-18(22)27-19(29)33;1-6-25-14-11(15(32)26-6)23-4-28(14)16-9(20)12(31)8(38-16)3-36-40(34,35)39-13-7(2-30)37-17(10(13)21)29-5-24-18(22)27-19(29)33/h6-7,9-10,12-15,18-19,30-31H,4-5H2,1-3H3,(H,34,35)(H2,22,27,33)(H,25,26,32);2*4-5,7-10,12-13,16-17,30-31H,2-3H2,1H3,(H,34,35)(H2,22,27,33)(H,25,26,32)/t9-,10-,12?,13?,14+,15+,18-,19-;2*7-,8-,9+,10+,12?,13?,16-,17-/m111/s1. The lowest BCUT2D eigenvalue weighted by molar-refractivity contribution is -0.0665. The molecule has 0 radical (unpaired) electrons. The third-order valence-corrected chi connectivity index (χ3v) is 22.3. The Morgan fingerprint density at radius 1 is 0.385 bits per heavy atom. The number of imidazole rings is 3. The van der Waals surface area contributed by atoms with E-state index in [0.29, 0.717) is 15.0 Å². The molecule has 6 saturated heterocycles. The van der Waals surface area contributed by atoms with Crippen molar-refractivity contribution in [2.45, 2.75) is 168 Å². The van der Waals surface area contributed by atoms with Gasteiger partial charge in [-0.2, -0.15) is 15.0 Å². The van der Waals surface area contributed by atoms with Gasteiger partial charge in [0.05, 0.1) is 58.6 Å². The number of nitrogens with one attached hydrogen (secondary N) is 3. The van der Waals surface area contributed by atoms with Crippen molar-refractivity contribution in [1.29, 1.82) is 0 Å². The second-order valence-electron chi connectivity index (χ2n) is 27.2. The smallest absolute Gasteiger partial charge is 0.394 e. The lowest BCUT2D eigenvalue weighted by atomic mass is 10.1. The number of aromatic nitrogens is 21. The van der Waals surface area contributed by atoms with Crippen molar-refractivity contribution in [3.8, 4) is 0 Å². The second-order valence-corrected chi connectivity index (χ2v) is 31.4. The number of alkyl halides is 4. The summed E-state index contributed by atoms with van der Waals surface area (Å²) in [5, 5.41) is 60.4. The summed E-state index contributed by atoms with van der Waals surface area (Å²) in [5.41, 5.74) is 11.4. The summed E-state index contributed by atoms with van der Waals surface area (Å²) in [5.74, 6) is -0.299. The fourth-order valence-corrected chi connectivity index (χ4v) is 16.5. The van der Waals surface area contributed by atoms with E-state index in [1.165, 1.54) is 39.0 Å². The number of aliphatic hydroxyl groups excluding tert-OH is 6. The molecule has 122 heavy (non-hydrogen) atoms. The van der Waals surface area contributed by atoms with Gasteiger partial charge in [0.1, 0.15) is 122 Å². The number of methoxy groups -OCH3 is 2. The zero-order valence-electron chi connectivity index (χ0n) is 63.1. The van der Waals surface area contributed by atoms with Crippen LogP contribution in [-0.2, 0) is 78.7 Å². The minimum atomic E-state index is -5.16. The van der Waals surface area contributed by atoms with E-state index in [2.05, 4.69) is 74.8 Å². The Labute approximate surface area is 673 Å². The van der Waals surface area contributed by atoms with Gasteiger partial charge in [0.2, 0.25) is 17.8 Å². The molecule has 0 spiro atoms. The fraction of sp³-hybridized carbons (Fsp3) is 0.593. The van der Waals surface area contributed by atoms with E-state index >= 15 is 8.78 Å². The van der Waals surface area contributed by atoms with E-state index in [4.69, 9.17) is 82.2 Å². The molecule has 56 nitrogen and oxygen atoms in total. The first kappa shape index (κ1) is 90.1. The molecule has 0 aromatic carbocycles. The number of nitrogens with two attached hydrogens (primary N) is 3. The van der Waals surface area contributed by atoms with Crippen LogP contribution in [0.5, 0.6) is 0 Å². The number of phosphoric acid groups is 3. The first-order valence-electron chi connectivity index (χ1n) is 35.6. The molecule has 6 fully saturated rings. The lowest BCUT2D eigenvalue weighted by Gasteiger charge is -2.25. The highest BCUT2D eigenvalue weighted by Crippen LogP contribution is 2.53. The van der Waals surface area contributed by atoms with Crippen molar-refractivity contribution in [3.05, 3.63) is 118 Å². The minimum Gasteiger partial charge on any atom is -0.394 e. The van der Waals surface area contributed by atoms with Gasteiger partial charge >= 0.3 is 40.5 Å². The highest BCUT2D eigenvalue weighted by Gasteiger charge is 2.56. The molecule has 15 rings (SSSR count). The Morgan fingerprint density at radius 2 is 0.656 bits per heavy atom. The average molecular weight is 1800 g/mol. The molecule has 0 amide bonds. The van der Waals surface area contributed by atoms with Crippen LogP contribution in [0.4, 0.5) is 35.4 Å². The third kappa shape index (κ3) is 18.5. The predicted octanol–water partition coefficient (Wildman–Crippen LogP) is -6.68. The molecule has 0 aliphatic carbocycles. The topological polar surface area (TPSA) is 775 Å². The summed E-state index contributed by atoms with van der Waals surface area (Å²) in [6.45, 7) is -0.288. The number of anilines is 3. The van der Waals surface area contributed by atoms with Gasteiger partial charge in [-0.15, -0.1) is 0 Å². The Kier molecular flexibility index (Phi) is 26.8. The van der Waals surface area contributed by atoms with Gasteiger partial charge in [0.15, 0.2) is 95.5 Å². The number of phosphoric ester groups is 3. The number of hydrogen-bond donors (Lipinski definition) is 15. The summed E-state index contributed by atoms with van der Waals surface area (Å²) >= 11 is 0. The predicted molar refractivity (Wildman–Crippen MR) is 387 cm³/mol. The van der Waals surface area contributed by atoms with Crippen LogP contribution in [0.2, 0.25) is 0 Å². The van der Waals surface area contributed by atoms with Gasteiger partial charge in [0.25, 0.3) is 16.7 Å². The van der Waals surface area contributed by atoms with Gasteiger partial charge in [0, 0.05) is 14.2 Å². The maximum absolute atomic E-state index is 15.5. The Balaban J connectivity index is 0.000000158. The number of ether oxygens (including phenoxy) is 8. The number of fused-ring (bicyclic) bond motifs is 3. The van der Waals surface area contributed by atoms with Crippen molar-refractivity contribution in [2.24, 2.45) is 0 Å². The van der Waals surface area contributed by atoms with Crippen molar-refractivity contribution in [1.82, 2.24) is 102 Å². The normalized spacial score (nSPS) is 31.7. The molecule has 15 heterocycles. The third-order valence-electron chi connectivity index (χ3n) is 19.3. The molecular weight excluding hydrogens is 1730 g/mol. The number of H-pyrrole nitrogens is 3. The molecule has 18 N–H and O–H groups in total. The Morgan fingerprint density at radius 3 is 1.01 bits per heavy atom. The zero-order chi connectivity index (χ0) is 88.2. The molecule has 27 atom stereocenters. The Hall–Kier alpha value is -9.63. The largest absolute Gasteiger partial charge is 0.472 e. The number of aromatic amines is 3. The van der Waals surface area contributed by atoms with E-state index in [0.717, 1.165) is 45.3 Å². The highest BCUT2D eigenvalue weighted by atomic mass is 31.2. The number of nitrogen functional groups attached to an aromatic ring is 3.